The second-order valence-corrected chi connectivity index (χ2v) is 5.11. The molecule has 0 fully saturated rings. The van der Waals surface area contributed by atoms with Crippen molar-refractivity contribution in [2.45, 2.75) is 45.8 Å². The molecule has 0 spiro atoms. The van der Waals surface area contributed by atoms with E-state index in [0.29, 0.717) is 13.0 Å². The zero-order valence-electron chi connectivity index (χ0n) is 8.96. The Bertz CT molecular complexity index is 164. The highest BCUT2D eigenvalue weighted by molar-refractivity contribution is 7.80. The highest BCUT2D eigenvalue weighted by atomic mass is 32.1. The summed E-state index contributed by atoms with van der Waals surface area (Å²) in [5.74, 6) is -0.149. The van der Waals surface area contributed by atoms with E-state index in [9.17, 15) is 4.79 Å². The molecule has 0 aromatic carbocycles. The molecular weight excluding hydrogens is 184 g/mol. The maximum absolute atomic E-state index is 11.1. The number of rotatable bonds is 5. The van der Waals surface area contributed by atoms with Gasteiger partial charge in [0.05, 0.1) is 13.0 Å². The Morgan fingerprint density at radius 2 is 2.08 bits per heavy atom. The van der Waals surface area contributed by atoms with Crippen LogP contribution in [0.2, 0.25) is 0 Å². The molecular formula is C10H20O2S. The Morgan fingerprint density at radius 1 is 1.54 bits per heavy atom. The van der Waals surface area contributed by atoms with E-state index in [0.717, 1.165) is 6.42 Å². The summed E-state index contributed by atoms with van der Waals surface area (Å²) in [4.78, 5) is 11.1. The van der Waals surface area contributed by atoms with Gasteiger partial charge < -0.3 is 4.74 Å². The Morgan fingerprint density at radius 3 is 2.46 bits per heavy atom. The summed E-state index contributed by atoms with van der Waals surface area (Å²) >= 11 is 4.12. The van der Waals surface area contributed by atoms with Crippen molar-refractivity contribution in [2.75, 3.05) is 6.61 Å². The fourth-order valence-corrected chi connectivity index (χ4v) is 0.827. The molecule has 0 saturated carbocycles. The van der Waals surface area contributed by atoms with Crippen molar-refractivity contribution in [2.24, 2.45) is 5.41 Å². The Kier molecular flexibility index (Phi) is 5.45. The normalized spacial score (nSPS) is 13.9. The van der Waals surface area contributed by atoms with E-state index in [-0.39, 0.29) is 16.6 Å². The predicted octanol–water partition coefficient (Wildman–Crippen LogP) is 2.67. The molecule has 0 aliphatic carbocycles. The quantitative estimate of drug-likeness (QED) is 0.550. The van der Waals surface area contributed by atoms with E-state index < -0.39 is 0 Å². The van der Waals surface area contributed by atoms with Crippen molar-refractivity contribution in [3.63, 3.8) is 0 Å². The zero-order chi connectivity index (χ0) is 10.5. The topological polar surface area (TPSA) is 26.3 Å². The van der Waals surface area contributed by atoms with E-state index in [1.807, 2.05) is 6.92 Å². The van der Waals surface area contributed by atoms with E-state index in [1.165, 1.54) is 0 Å². The van der Waals surface area contributed by atoms with Crippen molar-refractivity contribution in [1.29, 1.82) is 0 Å². The molecule has 1 unspecified atom stereocenters. The number of thiol groups is 1. The molecule has 1 atom stereocenters. The lowest BCUT2D eigenvalue weighted by Crippen LogP contribution is -2.21. The molecule has 0 aromatic rings. The molecule has 0 rings (SSSR count). The second kappa shape index (κ2) is 5.53. The minimum Gasteiger partial charge on any atom is -0.465 e. The fourth-order valence-electron chi connectivity index (χ4n) is 0.678. The second-order valence-electron chi connectivity index (χ2n) is 4.23. The highest BCUT2D eigenvalue weighted by Crippen LogP contribution is 2.20. The molecule has 13 heavy (non-hydrogen) atoms. The fraction of sp³-hybridized carbons (Fsp3) is 0.900. The first kappa shape index (κ1) is 12.8. The molecule has 0 aliphatic rings. The summed E-state index contributed by atoms with van der Waals surface area (Å²) in [6, 6.07) is 0. The molecule has 78 valence electrons. The first-order chi connectivity index (χ1) is 5.87. The van der Waals surface area contributed by atoms with Crippen molar-refractivity contribution in [3.05, 3.63) is 0 Å². The van der Waals surface area contributed by atoms with Crippen molar-refractivity contribution in [1.82, 2.24) is 0 Å². The van der Waals surface area contributed by atoms with Crippen LogP contribution in [-0.2, 0) is 9.53 Å². The molecule has 3 heteroatoms. The summed E-state index contributed by atoms with van der Waals surface area (Å²) in [5.41, 5.74) is 0.0928. The molecule has 2 nitrogen and oxygen atoms in total. The standard InChI is InChI=1S/C10H20O2S/c1-5-10(3,4)7-12-9(11)6-8(2)13/h8,13H,5-7H2,1-4H3. The van der Waals surface area contributed by atoms with Gasteiger partial charge in [0, 0.05) is 5.25 Å². The van der Waals surface area contributed by atoms with Gasteiger partial charge in [0.1, 0.15) is 0 Å². The number of hydrogen-bond donors (Lipinski definition) is 1. The molecule has 0 aromatic heterocycles. The highest BCUT2D eigenvalue weighted by Gasteiger charge is 2.18. The van der Waals surface area contributed by atoms with E-state index in [4.69, 9.17) is 4.74 Å². The van der Waals surface area contributed by atoms with E-state index >= 15 is 0 Å². The minimum atomic E-state index is -0.149. The van der Waals surface area contributed by atoms with Crippen LogP contribution in [0.15, 0.2) is 0 Å². The summed E-state index contributed by atoms with van der Waals surface area (Å²) in [6.07, 6.45) is 1.40. The average Bonchev–Trinajstić information content (AvgIpc) is 2.00. The van der Waals surface area contributed by atoms with Gasteiger partial charge in [-0.05, 0) is 11.8 Å². The van der Waals surface area contributed by atoms with Gasteiger partial charge in [-0.3, -0.25) is 4.79 Å². The molecule has 0 amide bonds. The van der Waals surface area contributed by atoms with Crippen molar-refractivity contribution in [3.8, 4) is 0 Å². The van der Waals surface area contributed by atoms with Crippen molar-refractivity contribution < 1.29 is 9.53 Å². The van der Waals surface area contributed by atoms with Crippen LogP contribution in [0.25, 0.3) is 0 Å². The monoisotopic (exact) mass is 204 g/mol. The first-order valence-corrected chi connectivity index (χ1v) is 5.22. The van der Waals surface area contributed by atoms with Crippen LogP contribution in [-0.4, -0.2) is 17.8 Å². The van der Waals surface area contributed by atoms with Gasteiger partial charge >= 0.3 is 5.97 Å². The summed E-state index contributed by atoms with van der Waals surface area (Å²) in [5, 5.41) is 0.0808. The molecule has 0 bridgehead atoms. The van der Waals surface area contributed by atoms with Crippen LogP contribution >= 0.6 is 12.6 Å². The van der Waals surface area contributed by atoms with Gasteiger partial charge in [-0.2, -0.15) is 12.6 Å². The summed E-state index contributed by atoms with van der Waals surface area (Å²) in [6.45, 7) is 8.65. The van der Waals surface area contributed by atoms with Gasteiger partial charge in [-0.1, -0.05) is 27.7 Å². The van der Waals surface area contributed by atoms with Gasteiger partial charge in [-0.25, -0.2) is 0 Å². The zero-order valence-corrected chi connectivity index (χ0v) is 9.86. The van der Waals surface area contributed by atoms with E-state index in [2.05, 4.69) is 33.4 Å². The third kappa shape index (κ3) is 6.94. The lowest BCUT2D eigenvalue weighted by Gasteiger charge is -2.22. The van der Waals surface area contributed by atoms with E-state index in [1.54, 1.807) is 0 Å². The van der Waals surface area contributed by atoms with Crippen LogP contribution in [0.4, 0.5) is 0 Å². The molecule has 0 saturated heterocycles. The molecule has 0 radical (unpaired) electrons. The van der Waals surface area contributed by atoms with Gasteiger partial charge in [0.25, 0.3) is 0 Å². The maximum atomic E-state index is 11.1. The third-order valence-electron chi connectivity index (χ3n) is 2.04. The lowest BCUT2D eigenvalue weighted by molar-refractivity contribution is -0.146. The molecule has 0 aliphatic heterocycles. The Hall–Kier alpha value is -0.180. The third-order valence-corrected chi connectivity index (χ3v) is 2.23. The predicted molar refractivity (Wildman–Crippen MR) is 58.1 cm³/mol. The largest absolute Gasteiger partial charge is 0.465 e. The first-order valence-electron chi connectivity index (χ1n) is 4.71. The van der Waals surface area contributed by atoms with Crippen LogP contribution in [0.3, 0.4) is 0 Å². The Balaban J connectivity index is 3.70. The Labute approximate surface area is 86.5 Å². The van der Waals surface area contributed by atoms with Gasteiger partial charge in [-0.15, -0.1) is 0 Å². The van der Waals surface area contributed by atoms with Crippen LogP contribution < -0.4 is 0 Å². The van der Waals surface area contributed by atoms with Gasteiger partial charge in [0.15, 0.2) is 0 Å². The summed E-state index contributed by atoms with van der Waals surface area (Å²) < 4.78 is 5.12. The van der Waals surface area contributed by atoms with Crippen LogP contribution in [0, 0.1) is 5.41 Å². The maximum Gasteiger partial charge on any atom is 0.306 e. The minimum absolute atomic E-state index is 0.0808. The number of hydrogen-bond acceptors (Lipinski definition) is 3. The van der Waals surface area contributed by atoms with Crippen LogP contribution in [0.1, 0.15) is 40.5 Å². The average molecular weight is 204 g/mol. The number of ether oxygens (including phenoxy) is 1. The number of esters is 1. The lowest BCUT2D eigenvalue weighted by atomic mass is 9.92. The van der Waals surface area contributed by atoms with Crippen LogP contribution in [0.5, 0.6) is 0 Å². The number of carbonyl (C=O) groups excluding carboxylic acids is 1. The molecule has 0 heterocycles. The SMILES string of the molecule is CCC(C)(C)COC(=O)CC(C)S. The smallest absolute Gasteiger partial charge is 0.306 e. The number of carbonyl (C=O) groups is 1. The summed E-state index contributed by atoms with van der Waals surface area (Å²) in [7, 11) is 0. The van der Waals surface area contributed by atoms with Crippen molar-refractivity contribution >= 4 is 18.6 Å². The van der Waals surface area contributed by atoms with Gasteiger partial charge in [0.2, 0.25) is 0 Å². The molecule has 0 N–H and O–H groups in total.